The molecule has 0 atom stereocenters. The number of phenols is 1. The van der Waals surface area contributed by atoms with Crippen LogP contribution in [0.3, 0.4) is 0 Å². The molecule has 0 saturated carbocycles. The zero-order valence-electron chi connectivity index (χ0n) is 13.3. The van der Waals surface area contributed by atoms with Gasteiger partial charge in [0.25, 0.3) is 5.56 Å². The summed E-state index contributed by atoms with van der Waals surface area (Å²) < 4.78 is 1.17. The summed E-state index contributed by atoms with van der Waals surface area (Å²) in [6.45, 7) is 3.47. The summed E-state index contributed by atoms with van der Waals surface area (Å²) in [5.41, 5.74) is 1.37. The van der Waals surface area contributed by atoms with Crippen molar-refractivity contribution in [2.45, 2.75) is 13.8 Å². The van der Waals surface area contributed by atoms with E-state index in [9.17, 15) is 9.90 Å². The highest BCUT2D eigenvalue weighted by atomic mass is 16.3. The lowest BCUT2D eigenvalue weighted by molar-refractivity contribution is 0.475. The van der Waals surface area contributed by atoms with Gasteiger partial charge in [-0.3, -0.25) is 4.79 Å². The highest BCUT2D eigenvalue weighted by molar-refractivity contribution is 6.02. The van der Waals surface area contributed by atoms with Crippen LogP contribution in [-0.2, 0) is 0 Å². The first-order valence-corrected chi connectivity index (χ1v) is 7.41. The third-order valence-corrected chi connectivity index (χ3v) is 3.92. The molecule has 0 radical (unpaired) electrons. The number of benzene rings is 2. The summed E-state index contributed by atoms with van der Waals surface area (Å²) >= 11 is 0. The number of aromatic nitrogens is 1. The Kier molecular flexibility index (Phi) is 3.88. The minimum absolute atomic E-state index is 0.0693. The van der Waals surface area contributed by atoms with Crippen LogP contribution in [0.1, 0.15) is 22.4 Å². The van der Waals surface area contributed by atoms with Crippen molar-refractivity contribution in [1.82, 2.24) is 4.68 Å². The van der Waals surface area contributed by atoms with Gasteiger partial charge in [0, 0.05) is 11.3 Å². The Morgan fingerprint density at radius 2 is 1.96 bits per heavy atom. The van der Waals surface area contributed by atoms with Gasteiger partial charge in [-0.15, -0.1) is 0 Å². The van der Waals surface area contributed by atoms with Crippen LogP contribution in [0.15, 0.2) is 52.4 Å². The number of aryl methyl sites for hydroxylation is 2. The van der Waals surface area contributed by atoms with Gasteiger partial charge >= 0.3 is 0 Å². The number of nitriles is 1. The average Bonchev–Trinajstić information content (AvgIpc) is 2.56. The normalized spacial score (nSPS) is 11.0. The molecule has 5 nitrogen and oxygen atoms in total. The van der Waals surface area contributed by atoms with Crippen molar-refractivity contribution in [1.29, 1.82) is 5.26 Å². The van der Waals surface area contributed by atoms with E-state index in [1.165, 1.54) is 10.9 Å². The molecule has 0 unspecified atom stereocenters. The first kappa shape index (κ1) is 15.5. The Bertz CT molecular complexity index is 1070. The topological polar surface area (TPSA) is 78.4 Å². The fourth-order valence-corrected chi connectivity index (χ4v) is 2.70. The summed E-state index contributed by atoms with van der Waals surface area (Å²) in [6.07, 6.45) is 1.45. The molecule has 0 fully saturated rings. The van der Waals surface area contributed by atoms with Crippen LogP contribution in [0, 0.1) is 25.2 Å². The zero-order chi connectivity index (χ0) is 17.3. The van der Waals surface area contributed by atoms with Gasteiger partial charge in [-0.1, -0.05) is 30.3 Å². The van der Waals surface area contributed by atoms with E-state index in [0.717, 1.165) is 10.8 Å². The minimum Gasteiger partial charge on any atom is -0.507 e. The van der Waals surface area contributed by atoms with Crippen LogP contribution in [0.4, 0.5) is 0 Å². The smallest absolute Gasteiger partial charge is 0.289 e. The zero-order valence-corrected chi connectivity index (χ0v) is 13.3. The lowest BCUT2D eigenvalue weighted by atomic mass is 10.0. The van der Waals surface area contributed by atoms with Gasteiger partial charge in [0.05, 0.1) is 6.21 Å². The summed E-state index contributed by atoms with van der Waals surface area (Å²) in [7, 11) is 0. The molecule has 1 N–H and O–H groups in total. The third kappa shape index (κ3) is 2.55. The van der Waals surface area contributed by atoms with Crippen molar-refractivity contribution in [2.75, 3.05) is 0 Å². The standard InChI is InChI=1S/C19H15N3O2/c1-12-9-13(2)22(19(24)16(12)10-20)21-11-17-15-6-4-3-5-14(15)7-8-18(17)23/h3-9,11,23H,1-2H3. The maximum absolute atomic E-state index is 12.4. The Balaban J connectivity index is 2.19. The predicted molar refractivity (Wildman–Crippen MR) is 93.5 cm³/mol. The van der Waals surface area contributed by atoms with Crippen molar-refractivity contribution < 1.29 is 5.11 Å². The Morgan fingerprint density at radius 1 is 1.21 bits per heavy atom. The number of nitrogens with zero attached hydrogens (tertiary/aromatic N) is 3. The van der Waals surface area contributed by atoms with E-state index in [1.54, 1.807) is 26.0 Å². The second-order valence-corrected chi connectivity index (χ2v) is 5.54. The molecule has 3 rings (SSSR count). The average molecular weight is 317 g/mol. The number of hydrogen-bond donors (Lipinski definition) is 1. The number of rotatable bonds is 2. The number of aromatic hydroxyl groups is 1. The molecule has 1 aromatic heterocycles. The van der Waals surface area contributed by atoms with E-state index in [1.807, 2.05) is 36.4 Å². The molecule has 0 aliphatic rings. The minimum atomic E-state index is -0.467. The highest BCUT2D eigenvalue weighted by Gasteiger charge is 2.10. The molecule has 2 aromatic carbocycles. The van der Waals surface area contributed by atoms with E-state index in [-0.39, 0.29) is 11.3 Å². The highest BCUT2D eigenvalue weighted by Crippen LogP contribution is 2.25. The molecule has 0 saturated heterocycles. The van der Waals surface area contributed by atoms with Crippen LogP contribution < -0.4 is 5.56 Å². The van der Waals surface area contributed by atoms with E-state index in [0.29, 0.717) is 16.8 Å². The second kappa shape index (κ2) is 6.01. The van der Waals surface area contributed by atoms with Gasteiger partial charge in [0.15, 0.2) is 0 Å². The molecule has 0 aliphatic heterocycles. The molecular weight excluding hydrogens is 302 g/mol. The summed E-state index contributed by atoms with van der Waals surface area (Å²) in [5.74, 6) is 0.0794. The fourth-order valence-electron chi connectivity index (χ4n) is 2.70. The third-order valence-electron chi connectivity index (χ3n) is 3.92. The number of phenolic OH excluding ortho intramolecular Hbond substituents is 1. The van der Waals surface area contributed by atoms with Crippen molar-refractivity contribution >= 4 is 17.0 Å². The molecule has 0 spiro atoms. The van der Waals surface area contributed by atoms with Gasteiger partial charge in [-0.05, 0) is 42.3 Å². The Morgan fingerprint density at radius 3 is 2.71 bits per heavy atom. The first-order chi connectivity index (χ1) is 11.5. The van der Waals surface area contributed by atoms with Crippen molar-refractivity contribution in [3.63, 3.8) is 0 Å². The summed E-state index contributed by atoms with van der Waals surface area (Å²) in [5, 5.41) is 25.3. The largest absolute Gasteiger partial charge is 0.507 e. The van der Waals surface area contributed by atoms with E-state index >= 15 is 0 Å². The molecule has 118 valence electrons. The molecule has 24 heavy (non-hydrogen) atoms. The van der Waals surface area contributed by atoms with Gasteiger partial charge in [0.1, 0.15) is 17.4 Å². The van der Waals surface area contributed by atoms with Gasteiger partial charge in [-0.25, -0.2) is 4.68 Å². The van der Waals surface area contributed by atoms with E-state index in [4.69, 9.17) is 5.26 Å². The monoisotopic (exact) mass is 317 g/mol. The van der Waals surface area contributed by atoms with Crippen LogP contribution in [0.5, 0.6) is 5.75 Å². The fraction of sp³-hybridized carbons (Fsp3) is 0.105. The molecule has 0 bridgehead atoms. The van der Waals surface area contributed by atoms with Gasteiger partial charge < -0.3 is 5.11 Å². The lowest BCUT2D eigenvalue weighted by Crippen LogP contribution is -2.22. The lowest BCUT2D eigenvalue weighted by Gasteiger charge is -2.08. The van der Waals surface area contributed by atoms with E-state index in [2.05, 4.69) is 5.10 Å². The Labute approximate surface area is 138 Å². The van der Waals surface area contributed by atoms with Crippen molar-refractivity contribution in [2.24, 2.45) is 5.10 Å². The Hall–Kier alpha value is -3.39. The maximum atomic E-state index is 12.4. The van der Waals surface area contributed by atoms with Crippen LogP contribution in [-0.4, -0.2) is 16.0 Å². The predicted octanol–water partition coefficient (Wildman–Crippen LogP) is 3.08. The van der Waals surface area contributed by atoms with Crippen LogP contribution in [0.2, 0.25) is 0 Å². The molecule has 0 amide bonds. The van der Waals surface area contributed by atoms with Gasteiger partial charge in [-0.2, -0.15) is 10.4 Å². The van der Waals surface area contributed by atoms with Crippen LogP contribution >= 0.6 is 0 Å². The first-order valence-electron chi connectivity index (χ1n) is 7.41. The number of fused-ring (bicyclic) bond motifs is 1. The second-order valence-electron chi connectivity index (χ2n) is 5.54. The number of pyridine rings is 1. The number of hydrogen-bond acceptors (Lipinski definition) is 4. The van der Waals surface area contributed by atoms with Crippen molar-refractivity contribution in [3.8, 4) is 11.8 Å². The van der Waals surface area contributed by atoms with Crippen LogP contribution in [0.25, 0.3) is 10.8 Å². The SMILES string of the molecule is Cc1cc(C)n(N=Cc2c(O)ccc3ccccc23)c(=O)c1C#N. The maximum Gasteiger partial charge on any atom is 0.289 e. The van der Waals surface area contributed by atoms with E-state index < -0.39 is 5.56 Å². The summed E-state index contributed by atoms with van der Waals surface area (Å²) in [6, 6.07) is 14.7. The summed E-state index contributed by atoms with van der Waals surface area (Å²) in [4.78, 5) is 12.4. The molecular formula is C19H15N3O2. The van der Waals surface area contributed by atoms with Crippen molar-refractivity contribution in [3.05, 3.63) is 75.2 Å². The molecule has 3 aromatic rings. The quantitative estimate of drug-likeness (QED) is 0.738. The van der Waals surface area contributed by atoms with Gasteiger partial charge in [0.2, 0.25) is 0 Å². The molecule has 0 aliphatic carbocycles. The molecule has 5 heteroatoms. The molecule has 1 heterocycles.